The first-order valence-electron chi connectivity index (χ1n) is 5.65. The van der Waals surface area contributed by atoms with E-state index in [1.54, 1.807) is 6.07 Å². The molecule has 0 amide bonds. The van der Waals surface area contributed by atoms with E-state index in [9.17, 15) is 10.4 Å². The van der Waals surface area contributed by atoms with Gasteiger partial charge in [0.1, 0.15) is 17.3 Å². The maximum Gasteiger partial charge on any atom is 0.148 e. The number of furan rings is 1. The minimum Gasteiger partial charge on any atom is -0.465 e. The summed E-state index contributed by atoms with van der Waals surface area (Å²) in [6, 6.07) is 3.99. The molecule has 0 spiro atoms. The van der Waals surface area contributed by atoms with Crippen LogP contribution in [-0.2, 0) is 4.74 Å². The van der Waals surface area contributed by atoms with Crippen LogP contribution in [0.25, 0.3) is 0 Å². The Morgan fingerprint density at radius 3 is 2.88 bits per heavy atom. The highest BCUT2D eigenvalue weighted by molar-refractivity contribution is 9.10. The smallest absolute Gasteiger partial charge is 0.148 e. The molecule has 1 aromatic heterocycles. The standard InChI is InChI=1S/C12H12BrNO3/c13-8-3-4-16-10(8)11(15)12(6-14)5-7-1-2-9(12)17-7/h3-4,7,9,11,15H,1-2,5H2. The van der Waals surface area contributed by atoms with Gasteiger partial charge in [-0.3, -0.25) is 0 Å². The van der Waals surface area contributed by atoms with Crippen LogP contribution in [0.1, 0.15) is 31.1 Å². The first-order valence-corrected chi connectivity index (χ1v) is 6.44. The molecule has 0 aromatic carbocycles. The Morgan fingerprint density at radius 2 is 2.41 bits per heavy atom. The van der Waals surface area contributed by atoms with Crippen molar-refractivity contribution < 1.29 is 14.3 Å². The molecule has 3 rings (SSSR count). The molecule has 2 fully saturated rings. The Balaban J connectivity index is 1.97. The SMILES string of the molecule is N#CC1(C(O)c2occc2Br)CC2CCC1O2. The Hall–Kier alpha value is -0.830. The van der Waals surface area contributed by atoms with E-state index in [2.05, 4.69) is 22.0 Å². The van der Waals surface area contributed by atoms with Gasteiger partial charge in [0.2, 0.25) is 0 Å². The summed E-state index contributed by atoms with van der Waals surface area (Å²) in [5, 5.41) is 19.9. The predicted molar refractivity (Wildman–Crippen MR) is 61.9 cm³/mol. The summed E-state index contributed by atoms with van der Waals surface area (Å²) in [6.45, 7) is 0. The lowest BCUT2D eigenvalue weighted by atomic mass is 9.70. The second-order valence-corrected chi connectivity index (χ2v) is 5.57. The summed E-state index contributed by atoms with van der Waals surface area (Å²) >= 11 is 3.32. The number of aliphatic hydroxyl groups excluding tert-OH is 1. The van der Waals surface area contributed by atoms with Crippen LogP contribution >= 0.6 is 15.9 Å². The molecule has 4 unspecified atom stereocenters. The van der Waals surface area contributed by atoms with E-state index in [0.29, 0.717) is 16.7 Å². The monoisotopic (exact) mass is 297 g/mol. The van der Waals surface area contributed by atoms with Gasteiger partial charge >= 0.3 is 0 Å². The molecule has 3 heterocycles. The number of aliphatic hydroxyl groups is 1. The van der Waals surface area contributed by atoms with Crippen molar-refractivity contribution in [2.24, 2.45) is 5.41 Å². The van der Waals surface area contributed by atoms with Crippen molar-refractivity contribution in [1.29, 1.82) is 5.26 Å². The van der Waals surface area contributed by atoms with Gasteiger partial charge in [0.15, 0.2) is 0 Å². The molecule has 0 radical (unpaired) electrons. The van der Waals surface area contributed by atoms with Crippen molar-refractivity contribution in [3.63, 3.8) is 0 Å². The van der Waals surface area contributed by atoms with E-state index >= 15 is 0 Å². The Morgan fingerprint density at radius 1 is 1.59 bits per heavy atom. The molecule has 1 N–H and O–H groups in total. The molecule has 2 aliphatic rings. The van der Waals surface area contributed by atoms with Gasteiger partial charge in [-0.15, -0.1) is 0 Å². The highest BCUT2D eigenvalue weighted by atomic mass is 79.9. The molecule has 0 saturated carbocycles. The summed E-state index contributed by atoms with van der Waals surface area (Å²) in [6.07, 6.45) is 2.91. The normalized spacial score (nSPS) is 37.0. The van der Waals surface area contributed by atoms with Crippen molar-refractivity contribution >= 4 is 15.9 Å². The summed E-state index contributed by atoms with van der Waals surface area (Å²) < 4.78 is 11.7. The van der Waals surface area contributed by atoms with Gasteiger partial charge in [0.25, 0.3) is 0 Å². The lowest BCUT2D eigenvalue weighted by molar-refractivity contribution is -0.00803. The lowest BCUT2D eigenvalue weighted by Crippen LogP contribution is -2.37. The fourth-order valence-electron chi connectivity index (χ4n) is 2.94. The minimum atomic E-state index is -0.938. The number of rotatable bonds is 2. The average Bonchev–Trinajstić information content (AvgIpc) is 3.02. The highest BCUT2D eigenvalue weighted by Crippen LogP contribution is 2.54. The van der Waals surface area contributed by atoms with Crippen LogP contribution in [0.2, 0.25) is 0 Å². The number of hydrogen-bond acceptors (Lipinski definition) is 4. The van der Waals surface area contributed by atoms with Crippen LogP contribution in [0.15, 0.2) is 21.2 Å². The molecular formula is C12H12BrNO3. The van der Waals surface area contributed by atoms with Crippen molar-refractivity contribution in [2.45, 2.75) is 37.6 Å². The van der Waals surface area contributed by atoms with Crippen molar-refractivity contribution in [3.8, 4) is 6.07 Å². The highest BCUT2D eigenvalue weighted by Gasteiger charge is 2.58. The minimum absolute atomic E-state index is 0.114. The van der Waals surface area contributed by atoms with Crippen molar-refractivity contribution in [3.05, 3.63) is 22.6 Å². The topological polar surface area (TPSA) is 66.4 Å². The zero-order chi connectivity index (χ0) is 12.0. The maximum atomic E-state index is 10.4. The Bertz CT molecular complexity index is 480. The van der Waals surface area contributed by atoms with E-state index in [1.807, 2.05) is 0 Å². The quantitative estimate of drug-likeness (QED) is 0.911. The number of hydrogen-bond donors (Lipinski definition) is 1. The van der Waals surface area contributed by atoms with Gasteiger partial charge in [-0.1, -0.05) is 0 Å². The third kappa shape index (κ3) is 1.48. The van der Waals surface area contributed by atoms with Crippen LogP contribution in [0.4, 0.5) is 0 Å². The molecule has 0 aliphatic carbocycles. The van der Waals surface area contributed by atoms with Crippen LogP contribution < -0.4 is 0 Å². The summed E-state index contributed by atoms with van der Waals surface area (Å²) in [4.78, 5) is 0. The Labute approximate surface area is 107 Å². The Kier molecular flexibility index (Phi) is 2.54. The largest absolute Gasteiger partial charge is 0.465 e. The lowest BCUT2D eigenvalue weighted by Gasteiger charge is -2.31. The third-order valence-electron chi connectivity index (χ3n) is 3.84. The molecule has 2 aliphatic heterocycles. The molecule has 2 bridgehead atoms. The third-order valence-corrected chi connectivity index (χ3v) is 4.49. The molecule has 1 aromatic rings. The zero-order valence-electron chi connectivity index (χ0n) is 9.10. The fraction of sp³-hybridized carbons (Fsp3) is 0.583. The van der Waals surface area contributed by atoms with Crippen LogP contribution in [0, 0.1) is 16.7 Å². The van der Waals surface area contributed by atoms with Gasteiger partial charge in [0.05, 0.1) is 29.0 Å². The van der Waals surface area contributed by atoms with Crippen molar-refractivity contribution in [2.75, 3.05) is 0 Å². The summed E-state index contributed by atoms with van der Waals surface area (Å²) in [7, 11) is 0. The maximum absolute atomic E-state index is 10.4. The molecule has 4 nitrogen and oxygen atoms in total. The van der Waals surface area contributed by atoms with Crippen LogP contribution in [-0.4, -0.2) is 17.3 Å². The second kappa shape index (κ2) is 3.84. The van der Waals surface area contributed by atoms with E-state index in [1.165, 1.54) is 6.26 Å². The number of ether oxygens (including phenoxy) is 1. The summed E-state index contributed by atoms with van der Waals surface area (Å²) in [5.74, 6) is 0.419. The fourth-order valence-corrected chi connectivity index (χ4v) is 3.36. The van der Waals surface area contributed by atoms with Crippen LogP contribution in [0.5, 0.6) is 0 Å². The second-order valence-electron chi connectivity index (χ2n) is 4.72. The predicted octanol–water partition coefficient (Wildman–Crippen LogP) is 2.54. The van der Waals surface area contributed by atoms with Gasteiger partial charge in [-0.05, 0) is 41.3 Å². The zero-order valence-corrected chi connectivity index (χ0v) is 10.7. The first-order chi connectivity index (χ1) is 8.17. The van der Waals surface area contributed by atoms with E-state index in [4.69, 9.17) is 9.15 Å². The van der Waals surface area contributed by atoms with E-state index in [-0.39, 0.29) is 12.2 Å². The molecule has 5 heteroatoms. The molecule has 90 valence electrons. The summed E-state index contributed by atoms with van der Waals surface area (Å²) in [5.41, 5.74) is -0.858. The van der Waals surface area contributed by atoms with Gasteiger partial charge < -0.3 is 14.3 Å². The van der Waals surface area contributed by atoms with E-state index < -0.39 is 11.5 Å². The molecule has 17 heavy (non-hydrogen) atoms. The average molecular weight is 298 g/mol. The number of nitriles is 1. The number of fused-ring (bicyclic) bond motifs is 2. The van der Waals surface area contributed by atoms with E-state index in [0.717, 1.165) is 12.8 Å². The molecule has 2 saturated heterocycles. The van der Waals surface area contributed by atoms with Gasteiger partial charge in [-0.25, -0.2) is 0 Å². The van der Waals surface area contributed by atoms with Gasteiger partial charge in [-0.2, -0.15) is 5.26 Å². The number of halogens is 1. The first kappa shape index (κ1) is 11.3. The van der Waals surface area contributed by atoms with Crippen LogP contribution in [0.3, 0.4) is 0 Å². The molecular weight excluding hydrogens is 286 g/mol. The molecule has 4 atom stereocenters. The van der Waals surface area contributed by atoms with Gasteiger partial charge in [0, 0.05) is 0 Å². The van der Waals surface area contributed by atoms with Crippen molar-refractivity contribution in [1.82, 2.24) is 0 Å². The number of nitrogens with zero attached hydrogens (tertiary/aromatic N) is 1.